The first kappa shape index (κ1) is 15.0. The molecule has 1 aromatic carbocycles. The van der Waals surface area contributed by atoms with Crippen molar-refractivity contribution in [2.45, 2.75) is 33.2 Å². The first-order chi connectivity index (χ1) is 10.2. The van der Waals surface area contributed by atoms with Gasteiger partial charge in [0, 0.05) is 48.7 Å². The first-order valence-corrected chi connectivity index (χ1v) is 7.16. The average molecular weight is 288 g/mol. The summed E-state index contributed by atoms with van der Waals surface area (Å²) in [5.41, 5.74) is 1.95. The van der Waals surface area contributed by atoms with Crippen LogP contribution < -0.4 is 5.32 Å². The zero-order chi connectivity index (χ0) is 15.2. The lowest BCUT2D eigenvalue weighted by Crippen LogP contribution is -2.08. The lowest BCUT2D eigenvalue weighted by Gasteiger charge is -2.13. The molecule has 0 bridgehead atoms. The maximum Gasteiger partial charge on any atom is 0.269 e. The fraction of sp³-hybridized carbons (Fsp3) is 0.400. The van der Waals surface area contributed by atoms with Gasteiger partial charge in [0.05, 0.1) is 11.5 Å². The molecule has 0 spiro atoms. The van der Waals surface area contributed by atoms with Crippen LogP contribution in [0.4, 0.5) is 11.4 Å². The van der Waals surface area contributed by atoms with Gasteiger partial charge < -0.3 is 9.88 Å². The molecule has 1 aromatic heterocycles. The average Bonchev–Trinajstić information content (AvgIpc) is 2.88. The molecule has 1 heterocycles. The van der Waals surface area contributed by atoms with E-state index in [1.165, 1.54) is 6.07 Å². The van der Waals surface area contributed by atoms with Gasteiger partial charge in [0.1, 0.15) is 5.82 Å². The van der Waals surface area contributed by atoms with Crippen molar-refractivity contribution in [3.63, 3.8) is 0 Å². The minimum atomic E-state index is -0.361. The van der Waals surface area contributed by atoms with E-state index in [1.807, 2.05) is 17.7 Å². The normalized spacial score (nSPS) is 10.6. The molecule has 0 aliphatic rings. The monoisotopic (exact) mass is 288 g/mol. The lowest BCUT2D eigenvalue weighted by atomic mass is 10.1. The number of imidazole rings is 1. The van der Waals surface area contributed by atoms with E-state index >= 15 is 0 Å². The molecule has 21 heavy (non-hydrogen) atoms. The van der Waals surface area contributed by atoms with Crippen molar-refractivity contribution in [3.05, 3.63) is 52.1 Å². The molecule has 0 saturated heterocycles. The fourth-order valence-electron chi connectivity index (χ4n) is 2.31. The number of non-ortho nitro benzene ring substituents is 1. The van der Waals surface area contributed by atoms with Crippen LogP contribution >= 0.6 is 0 Å². The molecule has 0 radical (unpaired) electrons. The topological polar surface area (TPSA) is 73.0 Å². The van der Waals surface area contributed by atoms with Gasteiger partial charge in [-0.3, -0.25) is 10.1 Å². The molecule has 6 heteroatoms. The van der Waals surface area contributed by atoms with Crippen molar-refractivity contribution in [2.24, 2.45) is 0 Å². The largest absolute Gasteiger partial charge is 0.385 e. The maximum absolute atomic E-state index is 11.0. The molecule has 0 unspecified atom stereocenters. The number of nitrogens with one attached hydrogen (secondary N) is 1. The zero-order valence-electron chi connectivity index (χ0n) is 12.4. The van der Waals surface area contributed by atoms with Crippen molar-refractivity contribution < 1.29 is 4.92 Å². The van der Waals surface area contributed by atoms with Crippen molar-refractivity contribution in [1.29, 1.82) is 0 Å². The van der Waals surface area contributed by atoms with Gasteiger partial charge in [0.15, 0.2) is 0 Å². The molecule has 0 aliphatic carbocycles. The number of rotatable bonds is 7. The second-order valence-corrected chi connectivity index (χ2v) is 4.85. The second kappa shape index (κ2) is 6.88. The van der Waals surface area contributed by atoms with Gasteiger partial charge in [-0.1, -0.05) is 6.92 Å². The summed E-state index contributed by atoms with van der Waals surface area (Å²) in [5, 5.41) is 14.2. The van der Waals surface area contributed by atoms with Crippen LogP contribution in [0.2, 0.25) is 0 Å². The number of hydrogen-bond acceptors (Lipinski definition) is 4. The summed E-state index contributed by atoms with van der Waals surface area (Å²) in [6.07, 6.45) is 5.61. The summed E-state index contributed by atoms with van der Waals surface area (Å²) in [5.74, 6) is 1.01. The Balaban J connectivity index is 2.33. The number of aromatic nitrogens is 2. The van der Waals surface area contributed by atoms with Gasteiger partial charge in [-0.15, -0.1) is 0 Å². The first-order valence-electron chi connectivity index (χ1n) is 7.16. The summed E-state index contributed by atoms with van der Waals surface area (Å²) < 4.78 is 2.05. The summed E-state index contributed by atoms with van der Waals surface area (Å²) in [7, 11) is 0. The van der Waals surface area contributed by atoms with Gasteiger partial charge in [0.25, 0.3) is 5.69 Å². The minimum absolute atomic E-state index is 0.115. The van der Waals surface area contributed by atoms with Gasteiger partial charge in [-0.05, 0) is 19.4 Å². The van der Waals surface area contributed by atoms with Crippen LogP contribution in [0.25, 0.3) is 0 Å². The molecule has 112 valence electrons. The maximum atomic E-state index is 11.0. The third-order valence-electron chi connectivity index (χ3n) is 3.28. The quantitative estimate of drug-likeness (QED) is 0.627. The van der Waals surface area contributed by atoms with Crippen molar-refractivity contribution in [2.75, 3.05) is 11.9 Å². The van der Waals surface area contributed by atoms with E-state index in [2.05, 4.69) is 17.2 Å². The Morgan fingerprint density at radius 3 is 2.86 bits per heavy atom. The summed E-state index contributed by atoms with van der Waals surface area (Å²) in [6, 6.07) is 4.93. The number of nitro benzene ring substituents is 1. The van der Waals surface area contributed by atoms with Gasteiger partial charge in [-0.25, -0.2) is 4.98 Å². The van der Waals surface area contributed by atoms with Crippen molar-refractivity contribution in [1.82, 2.24) is 9.55 Å². The highest BCUT2D eigenvalue weighted by atomic mass is 16.6. The lowest BCUT2D eigenvalue weighted by molar-refractivity contribution is -0.384. The molecule has 2 aromatic rings. The summed E-state index contributed by atoms with van der Waals surface area (Å²) in [4.78, 5) is 14.9. The third kappa shape index (κ3) is 3.59. The molecule has 0 aliphatic heterocycles. The van der Waals surface area contributed by atoms with Crippen LogP contribution in [-0.2, 0) is 13.0 Å². The standard InChI is InChI=1S/C15H20N4O2/c1-3-5-15-17-8-9-18(15)11-12-10-13(19(20)21)6-7-14(12)16-4-2/h6-10,16H,3-5,11H2,1-2H3. The van der Waals surface area contributed by atoms with Gasteiger partial charge in [0.2, 0.25) is 0 Å². The van der Waals surface area contributed by atoms with E-state index in [0.717, 1.165) is 36.5 Å². The van der Waals surface area contributed by atoms with E-state index in [1.54, 1.807) is 18.3 Å². The molecule has 0 fully saturated rings. The van der Waals surface area contributed by atoms with Crippen LogP contribution in [0.1, 0.15) is 31.7 Å². The highest BCUT2D eigenvalue weighted by Gasteiger charge is 2.12. The molecule has 2 rings (SSSR count). The molecule has 0 atom stereocenters. The van der Waals surface area contributed by atoms with E-state index in [0.29, 0.717) is 6.54 Å². The molecule has 6 nitrogen and oxygen atoms in total. The molecule has 0 amide bonds. The number of hydrogen-bond donors (Lipinski definition) is 1. The van der Waals surface area contributed by atoms with E-state index in [4.69, 9.17) is 0 Å². The fourth-order valence-corrected chi connectivity index (χ4v) is 2.31. The number of aryl methyl sites for hydroxylation is 1. The Bertz CT molecular complexity index is 622. The predicted octanol–water partition coefficient (Wildman–Crippen LogP) is 3.22. The number of nitrogens with zero attached hydrogens (tertiary/aromatic N) is 3. The third-order valence-corrected chi connectivity index (χ3v) is 3.28. The molecular weight excluding hydrogens is 268 g/mol. The predicted molar refractivity (Wildman–Crippen MR) is 82.6 cm³/mol. The van der Waals surface area contributed by atoms with Crippen LogP contribution in [0, 0.1) is 10.1 Å². The highest BCUT2D eigenvalue weighted by molar-refractivity contribution is 5.56. The van der Waals surface area contributed by atoms with E-state index in [-0.39, 0.29) is 10.6 Å². The van der Waals surface area contributed by atoms with Crippen LogP contribution in [0.15, 0.2) is 30.6 Å². The summed E-state index contributed by atoms with van der Waals surface area (Å²) >= 11 is 0. The SMILES string of the molecule is CCCc1nccn1Cc1cc([N+](=O)[O-])ccc1NCC. The summed E-state index contributed by atoms with van der Waals surface area (Å²) in [6.45, 7) is 5.47. The van der Waals surface area contributed by atoms with Gasteiger partial charge in [-0.2, -0.15) is 0 Å². The zero-order valence-corrected chi connectivity index (χ0v) is 12.4. The van der Waals surface area contributed by atoms with E-state index < -0.39 is 0 Å². The van der Waals surface area contributed by atoms with Crippen LogP contribution in [0.5, 0.6) is 0 Å². The Kier molecular flexibility index (Phi) is 4.92. The molecule has 0 saturated carbocycles. The van der Waals surface area contributed by atoms with Crippen molar-refractivity contribution in [3.8, 4) is 0 Å². The Morgan fingerprint density at radius 2 is 2.19 bits per heavy atom. The second-order valence-electron chi connectivity index (χ2n) is 4.85. The van der Waals surface area contributed by atoms with Crippen LogP contribution in [0.3, 0.4) is 0 Å². The smallest absolute Gasteiger partial charge is 0.269 e. The van der Waals surface area contributed by atoms with Crippen LogP contribution in [-0.4, -0.2) is 21.0 Å². The minimum Gasteiger partial charge on any atom is -0.385 e. The van der Waals surface area contributed by atoms with E-state index in [9.17, 15) is 10.1 Å². The number of nitro groups is 1. The Labute approximate surface area is 124 Å². The Hall–Kier alpha value is -2.37. The molecular formula is C15H20N4O2. The Morgan fingerprint density at radius 1 is 1.38 bits per heavy atom. The van der Waals surface area contributed by atoms with Crippen molar-refractivity contribution >= 4 is 11.4 Å². The highest BCUT2D eigenvalue weighted by Crippen LogP contribution is 2.23. The van der Waals surface area contributed by atoms with Gasteiger partial charge >= 0.3 is 0 Å². The number of anilines is 1. The number of benzene rings is 1. The molecule has 1 N–H and O–H groups in total.